The van der Waals surface area contributed by atoms with Crippen LogP contribution < -0.4 is 10.5 Å². The second-order valence-electron chi connectivity index (χ2n) is 5.15. The molecular formula is C15H20N4O2. The van der Waals surface area contributed by atoms with Crippen LogP contribution in [-0.2, 0) is 0 Å². The molecule has 2 rings (SSSR count). The van der Waals surface area contributed by atoms with E-state index in [1.54, 1.807) is 12.4 Å². The summed E-state index contributed by atoms with van der Waals surface area (Å²) in [6.45, 7) is 5.98. The number of benzene rings is 1. The zero-order valence-electron chi connectivity index (χ0n) is 12.7. The zero-order valence-corrected chi connectivity index (χ0v) is 12.7. The summed E-state index contributed by atoms with van der Waals surface area (Å²) < 4.78 is 6.66. The van der Waals surface area contributed by atoms with E-state index in [1.807, 2.05) is 19.1 Å². The average molecular weight is 288 g/mol. The quantitative estimate of drug-likeness (QED) is 0.846. The van der Waals surface area contributed by atoms with Crippen molar-refractivity contribution in [1.82, 2.24) is 9.66 Å². The molecule has 0 bridgehead atoms. The third kappa shape index (κ3) is 3.16. The van der Waals surface area contributed by atoms with Gasteiger partial charge in [0.05, 0.1) is 25.2 Å². The van der Waals surface area contributed by atoms with Crippen LogP contribution in [0.5, 0.6) is 11.5 Å². The Balaban J connectivity index is 2.43. The molecule has 0 saturated heterocycles. The lowest BCUT2D eigenvalue weighted by molar-refractivity contribution is 0.372. The van der Waals surface area contributed by atoms with Crippen molar-refractivity contribution in [2.24, 2.45) is 5.10 Å². The zero-order chi connectivity index (χ0) is 15.6. The molecule has 6 nitrogen and oxygen atoms in total. The Labute approximate surface area is 123 Å². The van der Waals surface area contributed by atoms with E-state index >= 15 is 0 Å². The maximum absolute atomic E-state index is 10.2. The SMILES string of the molecule is COc1cc(C(C)C)cc(C=Nn2cc(C)nc2N)c1O. The first-order valence-electron chi connectivity index (χ1n) is 6.69. The Bertz CT molecular complexity index is 675. The minimum atomic E-state index is 0.0565. The van der Waals surface area contributed by atoms with Crippen molar-refractivity contribution in [2.75, 3.05) is 12.8 Å². The lowest BCUT2D eigenvalue weighted by atomic mass is 10.00. The minimum absolute atomic E-state index is 0.0565. The molecule has 1 aromatic carbocycles. The molecule has 0 aliphatic rings. The van der Waals surface area contributed by atoms with E-state index in [4.69, 9.17) is 10.5 Å². The van der Waals surface area contributed by atoms with Gasteiger partial charge >= 0.3 is 0 Å². The van der Waals surface area contributed by atoms with Crippen molar-refractivity contribution in [3.8, 4) is 11.5 Å². The van der Waals surface area contributed by atoms with Crippen molar-refractivity contribution in [2.45, 2.75) is 26.7 Å². The molecule has 1 heterocycles. The second-order valence-corrected chi connectivity index (χ2v) is 5.15. The Kier molecular flexibility index (Phi) is 4.16. The molecule has 21 heavy (non-hydrogen) atoms. The Morgan fingerprint density at radius 1 is 1.43 bits per heavy atom. The number of aromatic nitrogens is 2. The summed E-state index contributed by atoms with van der Waals surface area (Å²) in [5.74, 6) is 1.10. The van der Waals surface area contributed by atoms with Gasteiger partial charge in [-0.15, -0.1) is 0 Å². The van der Waals surface area contributed by atoms with Crippen LogP contribution in [0.3, 0.4) is 0 Å². The number of imidazole rings is 1. The van der Waals surface area contributed by atoms with E-state index in [0.717, 1.165) is 11.3 Å². The monoisotopic (exact) mass is 288 g/mol. The number of nitrogen functional groups attached to an aromatic ring is 1. The molecule has 0 saturated carbocycles. The van der Waals surface area contributed by atoms with Crippen LogP contribution in [0.4, 0.5) is 5.95 Å². The van der Waals surface area contributed by atoms with Crippen molar-refractivity contribution in [3.05, 3.63) is 35.2 Å². The van der Waals surface area contributed by atoms with Gasteiger partial charge in [-0.2, -0.15) is 5.10 Å². The fraction of sp³-hybridized carbons (Fsp3) is 0.333. The summed E-state index contributed by atoms with van der Waals surface area (Å²) in [5, 5.41) is 14.4. The lowest BCUT2D eigenvalue weighted by Crippen LogP contribution is -1.99. The molecule has 112 valence electrons. The summed E-state index contributed by atoms with van der Waals surface area (Å²) in [5.41, 5.74) is 8.14. The van der Waals surface area contributed by atoms with E-state index in [2.05, 4.69) is 23.9 Å². The number of ether oxygens (including phenoxy) is 1. The number of phenolic OH excluding ortho intramolecular Hbond substituents is 1. The summed E-state index contributed by atoms with van der Waals surface area (Å²) in [4.78, 5) is 4.07. The van der Waals surface area contributed by atoms with Crippen molar-refractivity contribution in [3.63, 3.8) is 0 Å². The highest BCUT2D eigenvalue weighted by Crippen LogP contribution is 2.33. The summed E-state index contributed by atoms with van der Waals surface area (Å²) in [6.07, 6.45) is 3.26. The minimum Gasteiger partial charge on any atom is -0.504 e. The van der Waals surface area contributed by atoms with Gasteiger partial charge < -0.3 is 15.6 Å². The summed E-state index contributed by atoms with van der Waals surface area (Å²) in [6, 6.07) is 3.71. The van der Waals surface area contributed by atoms with Gasteiger partial charge in [0, 0.05) is 5.56 Å². The Morgan fingerprint density at radius 2 is 2.14 bits per heavy atom. The van der Waals surface area contributed by atoms with Crippen LogP contribution in [0.15, 0.2) is 23.4 Å². The number of nitrogens with zero attached hydrogens (tertiary/aromatic N) is 3. The molecule has 0 unspecified atom stereocenters. The topological polar surface area (TPSA) is 85.7 Å². The van der Waals surface area contributed by atoms with Crippen LogP contribution in [0.2, 0.25) is 0 Å². The molecule has 0 aliphatic heterocycles. The Hall–Kier alpha value is -2.50. The predicted octanol–water partition coefficient (Wildman–Crippen LogP) is 2.49. The number of nitrogens with two attached hydrogens (primary N) is 1. The maximum Gasteiger partial charge on any atom is 0.221 e. The highest BCUT2D eigenvalue weighted by Gasteiger charge is 2.11. The van der Waals surface area contributed by atoms with Gasteiger partial charge in [-0.3, -0.25) is 0 Å². The van der Waals surface area contributed by atoms with Crippen LogP contribution >= 0.6 is 0 Å². The van der Waals surface area contributed by atoms with E-state index < -0.39 is 0 Å². The van der Waals surface area contributed by atoms with Gasteiger partial charge in [-0.1, -0.05) is 13.8 Å². The summed E-state index contributed by atoms with van der Waals surface area (Å²) in [7, 11) is 1.53. The van der Waals surface area contributed by atoms with Crippen molar-refractivity contribution in [1.29, 1.82) is 0 Å². The van der Waals surface area contributed by atoms with E-state index in [0.29, 0.717) is 23.2 Å². The van der Waals surface area contributed by atoms with Gasteiger partial charge in [-0.05, 0) is 30.5 Å². The van der Waals surface area contributed by atoms with Crippen molar-refractivity contribution < 1.29 is 9.84 Å². The van der Waals surface area contributed by atoms with E-state index in [1.165, 1.54) is 11.8 Å². The molecule has 6 heteroatoms. The first-order valence-corrected chi connectivity index (χ1v) is 6.69. The number of anilines is 1. The number of phenols is 1. The number of aromatic hydroxyl groups is 1. The lowest BCUT2D eigenvalue weighted by Gasteiger charge is -2.12. The second kappa shape index (κ2) is 5.87. The number of rotatable bonds is 4. The molecule has 2 aromatic rings. The molecule has 3 N–H and O–H groups in total. The fourth-order valence-electron chi connectivity index (χ4n) is 1.96. The van der Waals surface area contributed by atoms with E-state index in [-0.39, 0.29) is 5.75 Å². The smallest absolute Gasteiger partial charge is 0.221 e. The maximum atomic E-state index is 10.2. The molecule has 0 amide bonds. The Morgan fingerprint density at radius 3 is 2.67 bits per heavy atom. The fourth-order valence-corrected chi connectivity index (χ4v) is 1.96. The van der Waals surface area contributed by atoms with Gasteiger partial charge in [0.25, 0.3) is 0 Å². The molecule has 0 atom stereocenters. The van der Waals surface area contributed by atoms with E-state index in [9.17, 15) is 5.11 Å². The predicted molar refractivity (Wildman–Crippen MR) is 83.1 cm³/mol. The molecule has 0 fully saturated rings. The molecule has 1 aromatic heterocycles. The van der Waals surface area contributed by atoms with Gasteiger partial charge in [0.15, 0.2) is 11.5 Å². The molecule has 0 spiro atoms. The normalized spacial score (nSPS) is 11.5. The number of hydrogen-bond donors (Lipinski definition) is 2. The third-order valence-corrected chi connectivity index (χ3v) is 3.17. The third-order valence-electron chi connectivity index (χ3n) is 3.17. The highest BCUT2D eigenvalue weighted by molar-refractivity contribution is 5.85. The standard InChI is InChI=1S/C15H20N4O2/c1-9(2)11-5-12(14(20)13(6-11)21-4)7-17-19-8-10(3)18-15(19)16/h5-9,20H,1-4H3,(H2,16,18). The van der Waals surface area contributed by atoms with Crippen LogP contribution in [0.25, 0.3) is 0 Å². The summed E-state index contributed by atoms with van der Waals surface area (Å²) >= 11 is 0. The number of hydrogen-bond acceptors (Lipinski definition) is 5. The molecule has 0 radical (unpaired) electrons. The van der Waals surface area contributed by atoms with Gasteiger partial charge in [0.2, 0.25) is 5.95 Å². The highest BCUT2D eigenvalue weighted by atomic mass is 16.5. The van der Waals surface area contributed by atoms with Crippen molar-refractivity contribution >= 4 is 12.2 Å². The number of methoxy groups -OCH3 is 1. The van der Waals surface area contributed by atoms with Crippen LogP contribution in [-0.4, -0.2) is 28.1 Å². The average Bonchev–Trinajstić information content (AvgIpc) is 2.75. The van der Waals surface area contributed by atoms with Crippen LogP contribution in [0.1, 0.15) is 36.6 Å². The first kappa shape index (κ1) is 14.9. The largest absolute Gasteiger partial charge is 0.504 e. The van der Waals surface area contributed by atoms with Crippen LogP contribution in [0, 0.1) is 6.92 Å². The molecular weight excluding hydrogens is 268 g/mol. The number of aryl methyl sites for hydroxylation is 1. The molecule has 0 aliphatic carbocycles. The first-order chi connectivity index (χ1) is 9.92. The van der Waals surface area contributed by atoms with Gasteiger partial charge in [0.1, 0.15) is 0 Å². The van der Waals surface area contributed by atoms with Gasteiger partial charge in [-0.25, -0.2) is 9.66 Å².